The summed E-state index contributed by atoms with van der Waals surface area (Å²) in [6, 6.07) is 16.9. The number of benzene rings is 3. The standard InChI is InChI=1S/C29H26ClNO5/c1-16-5-8-18(29(2,3)4)13-21(16)26(32)24-25(17-6-9-19(30)10-7-17)31(28(34)27(24)33)20-11-12-22-23(14-20)36-15-35-22/h5-14,25,32H,15H2,1-4H3/b26-24+. The van der Waals surface area contributed by atoms with E-state index in [2.05, 4.69) is 20.8 Å². The molecule has 0 aliphatic carbocycles. The Morgan fingerprint density at radius 2 is 1.67 bits per heavy atom. The Bertz CT molecular complexity index is 1420. The maximum atomic E-state index is 13.5. The number of nitrogens with zero attached hydrogens (tertiary/aromatic N) is 1. The zero-order valence-electron chi connectivity index (χ0n) is 20.5. The third kappa shape index (κ3) is 4.01. The van der Waals surface area contributed by atoms with Crippen molar-refractivity contribution in [2.45, 2.75) is 39.2 Å². The number of aryl methyl sites for hydroxylation is 1. The number of rotatable bonds is 3. The number of hydrogen-bond acceptors (Lipinski definition) is 5. The maximum absolute atomic E-state index is 13.5. The summed E-state index contributed by atoms with van der Waals surface area (Å²) >= 11 is 6.13. The second-order valence-corrected chi connectivity index (χ2v) is 10.5. The number of ketones is 1. The SMILES string of the molecule is Cc1ccc(C(C)(C)C)cc1/C(O)=C1\C(=O)C(=O)N(c2ccc3c(c2)OCO3)C1c1ccc(Cl)cc1. The minimum Gasteiger partial charge on any atom is -0.507 e. The van der Waals surface area contributed by atoms with E-state index in [0.29, 0.717) is 33.3 Å². The molecule has 0 bridgehead atoms. The summed E-state index contributed by atoms with van der Waals surface area (Å²) in [5, 5.41) is 12.1. The Morgan fingerprint density at radius 3 is 2.36 bits per heavy atom. The van der Waals surface area contributed by atoms with E-state index in [4.69, 9.17) is 21.1 Å². The van der Waals surface area contributed by atoms with Crippen LogP contribution in [0.2, 0.25) is 5.02 Å². The van der Waals surface area contributed by atoms with Gasteiger partial charge in [0.15, 0.2) is 11.5 Å². The molecule has 1 atom stereocenters. The lowest BCUT2D eigenvalue weighted by atomic mass is 9.84. The van der Waals surface area contributed by atoms with Crippen LogP contribution >= 0.6 is 11.6 Å². The van der Waals surface area contributed by atoms with Gasteiger partial charge < -0.3 is 14.6 Å². The molecule has 1 saturated heterocycles. The van der Waals surface area contributed by atoms with Gasteiger partial charge in [-0.3, -0.25) is 14.5 Å². The van der Waals surface area contributed by atoms with Crippen molar-refractivity contribution < 1.29 is 24.2 Å². The topological polar surface area (TPSA) is 76.1 Å². The van der Waals surface area contributed by atoms with E-state index in [9.17, 15) is 14.7 Å². The monoisotopic (exact) mass is 503 g/mol. The molecular weight excluding hydrogens is 478 g/mol. The van der Waals surface area contributed by atoms with Crippen molar-refractivity contribution in [2.24, 2.45) is 0 Å². The zero-order valence-corrected chi connectivity index (χ0v) is 21.2. The van der Waals surface area contributed by atoms with Gasteiger partial charge >= 0.3 is 0 Å². The Kier molecular flexibility index (Phi) is 5.80. The quantitative estimate of drug-likeness (QED) is 0.258. The number of amides is 1. The van der Waals surface area contributed by atoms with Crippen LogP contribution in [-0.4, -0.2) is 23.6 Å². The minimum absolute atomic E-state index is 0.0224. The Balaban J connectivity index is 1.73. The average Bonchev–Trinajstić information content (AvgIpc) is 3.40. The molecule has 3 aromatic rings. The summed E-state index contributed by atoms with van der Waals surface area (Å²) in [4.78, 5) is 28.3. The normalized spacial score (nSPS) is 18.7. The summed E-state index contributed by atoms with van der Waals surface area (Å²) < 4.78 is 10.9. The van der Waals surface area contributed by atoms with Crippen LogP contribution in [0.4, 0.5) is 5.69 Å². The fourth-order valence-electron chi connectivity index (χ4n) is 4.58. The first-order chi connectivity index (χ1) is 17.1. The van der Waals surface area contributed by atoms with Crippen molar-refractivity contribution in [3.05, 3.63) is 93.5 Å². The fourth-order valence-corrected chi connectivity index (χ4v) is 4.71. The van der Waals surface area contributed by atoms with Crippen molar-refractivity contribution >= 4 is 34.7 Å². The highest BCUT2D eigenvalue weighted by atomic mass is 35.5. The van der Waals surface area contributed by atoms with E-state index in [-0.39, 0.29) is 23.5 Å². The molecule has 3 aromatic carbocycles. The molecule has 2 heterocycles. The molecule has 5 rings (SSSR count). The van der Waals surface area contributed by atoms with E-state index in [0.717, 1.165) is 11.1 Å². The lowest BCUT2D eigenvalue weighted by molar-refractivity contribution is -0.132. The minimum atomic E-state index is -0.861. The van der Waals surface area contributed by atoms with Gasteiger partial charge in [0.2, 0.25) is 6.79 Å². The third-order valence-electron chi connectivity index (χ3n) is 6.62. The molecule has 0 radical (unpaired) electrons. The molecule has 1 amide bonds. The van der Waals surface area contributed by atoms with E-state index in [1.165, 1.54) is 4.90 Å². The van der Waals surface area contributed by atoms with Crippen LogP contribution in [0, 0.1) is 6.92 Å². The van der Waals surface area contributed by atoms with Gasteiger partial charge in [0.1, 0.15) is 5.76 Å². The molecular formula is C29H26ClNO5. The second-order valence-electron chi connectivity index (χ2n) is 10.0. The molecule has 0 spiro atoms. The van der Waals surface area contributed by atoms with E-state index < -0.39 is 17.7 Å². The number of aliphatic hydroxyl groups excluding tert-OH is 1. The molecule has 7 heteroatoms. The fraction of sp³-hybridized carbons (Fsp3) is 0.241. The Labute approximate surface area is 214 Å². The third-order valence-corrected chi connectivity index (χ3v) is 6.88. The largest absolute Gasteiger partial charge is 0.507 e. The van der Waals surface area contributed by atoms with Gasteiger partial charge in [0.25, 0.3) is 11.7 Å². The molecule has 2 aliphatic rings. The maximum Gasteiger partial charge on any atom is 0.300 e. The van der Waals surface area contributed by atoms with Crippen LogP contribution in [0.5, 0.6) is 11.5 Å². The highest BCUT2D eigenvalue weighted by Gasteiger charge is 2.47. The average molecular weight is 504 g/mol. The molecule has 2 aliphatic heterocycles. The number of hydrogen-bond donors (Lipinski definition) is 1. The van der Waals surface area contributed by atoms with Crippen LogP contribution in [0.25, 0.3) is 5.76 Å². The summed E-state index contributed by atoms with van der Waals surface area (Å²) in [5.41, 5.74) is 3.27. The summed E-state index contributed by atoms with van der Waals surface area (Å²) in [6.07, 6.45) is 0. The first kappa shape index (κ1) is 23.9. The van der Waals surface area contributed by atoms with Crippen LogP contribution in [-0.2, 0) is 15.0 Å². The molecule has 184 valence electrons. The van der Waals surface area contributed by atoms with Gasteiger partial charge in [-0.2, -0.15) is 0 Å². The second kappa shape index (κ2) is 8.71. The first-order valence-electron chi connectivity index (χ1n) is 11.6. The predicted octanol–water partition coefficient (Wildman–Crippen LogP) is 6.30. The zero-order chi connectivity index (χ0) is 25.8. The molecule has 1 fully saturated rings. The smallest absolute Gasteiger partial charge is 0.300 e. The highest BCUT2D eigenvalue weighted by molar-refractivity contribution is 6.51. The number of halogens is 1. The van der Waals surface area contributed by atoms with Gasteiger partial charge in [-0.25, -0.2) is 0 Å². The molecule has 1 unspecified atom stereocenters. The van der Waals surface area contributed by atoms with Gasteiger partial charge in [0.05, 0.1) is 11.6 Å². The number of aliphatic hydroxyl groups is 1. The summed E-state index contributed by atoms with van der Waals surface area (Å²) in [6.45, 7) is 8.18. The molecule has 1 N–H and O–H groups in total. The molecule has 6 nitrogen and oxygen atoms in total. The lowest BCUT2D eigenvalue weighted by Gasteiger charge is -2.26. The summed E-state index contributed by atoms with van der Waals surface area (Å²) in [5.74, 6) is -0.656. The number of carbonyl (C=O) groups is 2. The van der Waals surface area contributed by atoms with Gasteiger partial charge in [-0.05, 0) is 59.4 Å². The van der Waals surface area contributed by atoms with Gasteiger partial charge in [-0.15, -0.1) is 0 Å². The van der Waals surface area contributed by atoms with Crippen LogP contribution in [0.3, 0.4) is 0 Å². The number of anilines is 1. The number of ether oxygens (including phenoxy) is 2. The lowest BCUT2D eigenvalue weighted by Crippen LogP contribution is -2.29. The Morgan fingerprint density at radius 1 is 0.972 bits per heavy atom. The van der Waals surface area contributed by atoms with Crippen molar-refractivity contribution in [3.8, 4) is 11.5 Å². The van der Waals surface area contributed by atoms with Crippen molar-refractivity contribution in [1.29, 1.82) is 0 Å². The van der Waals surface area contributed by atoms with Crippen molar-refractivity contribution in [1.82, 2.24) is 0 Å². The van der Waals surface area contributed by atoms with E-state index in [1.807, 2.05) is 25.1 Å². The van der Waals surface area contributed by atoms with E-state index >= 15 is 0 Å². The van der Waals surface area contributed by atoms with Crippen LogP contribution in [0.1, 0.15) is 49.1 Å². The van der Waals surface area contributed by atoms with Crippen molar-refractivity contribution in [3.63, 3.8) is 0 Å². The number of fused-ring (bicyclic) bond motifs is 1. The van der Waals surface area contributed by atoms with E-state index in [1.54, 1.807) is 42.5 Å². The number of carbonyl (C=O) groups excluding carboxylic acids is 2. The van der Waals surface area contributed by atoms with Gasteiger partial charge in [0, 0.05) is 22.3 Å². The first-order valence-corrected chi connectivity index (χ1v) is 12.0. The Hall–Kier alpha value is -3.77. The predicted molar refractivity (Wildman–Crippen MR) is 139 cm³/mol. The van der Waals surface area contributed by atoms with Crippen molar-refractivity contribution in [2.75, 3.05) is 11.7 Å². The molecule has 0 aromatic heterocycles. The summed E-state index contributed by atoms with van der Waals surface area (Å²) in [7, 11) is 0. The van der Waals surface area contributed by atoms with Crippen LogP contribution in [0.15, 0.2) is 66.2 Å². The molecule has 36 heavy (non-hydrogen) atoms. The van der Waals surface area contributed by atoms with Crippen LogP contribution < -0.4 is 14.4 Å². The van der Waals surface area contributed by atoms with Gasteiger partial charge in [-0.1, -0.05) is 56.6 Å². The highest BCUT2D eigenvalue weighted by Crippen LogP contribution is 2.45. The number of Topliss-reactive ketones (excluding diaryl/α,β-unsaturated/α-hetero) is 1. The molecule has 0 saturated carbocycles.